The van der Waals surface area contributed by atoms with Gasteiger partial charge in [-0.3, -0.25) is 0 Å². The minimum absolute atomic E-state index is 0.620. The van der Waals surface area contributed by atoms with Crippen molar-refractivity contribution in [3.8, 4) is 10.6 Å². The second kappa shape index (κ2) is 7.50. The zero-order chi connectivity index (χ0) is 13.6. The molecule has 0 saturated carbocycles. The van der Waals surface area contributed by atoms with Crippen molar-refractivity contribution in [1.82, 2.24) is 10.3 Å². The van der Waals surface area contributed by atoms with Gasteiger partial charge in [-0.05, 0) is 0 Å². The fraction of sp³-hybridized carbons (Fsp3) is 0.400. The van der Waals surface area contributed by atoms with Crippen LogP contribution in [0.5, 0.6) is 0 Å². The van der Waals surface area contributed by atoms with Crippen molar-refractivity contribution < 1.29 is 0 Å². The predicted octanol–water partition coefficient (Wildman–Crippen LogP) is 3.75. The van der Waals surface area contributed by atoms with Gasteiger partial charge < -0.3 is 5.32 Å². The summed E-state index contributed by atoms with van der Waals surface area (Å²) in [5, 5.41) is 6.94. The highest BCUT2D eigenvalue weighted by Gasteiger charge is 2.13. The molecule has 1 aromatic heterocycles. The Hall–Kier alpha value is -0.490. The van der Waals surface area contributed by atoms with Crippen LogP contribution >= 0.6 is 34.9 Å². The van der Waals surface area contributed by atoms with E-state index in [-0.39, 0.29) is 0 Å². The van der Waals surface area contributed by atoms with Gasteiger partial charge in [-0.1, -0.05) is 30.3 Å². The maximum absolute atomic E-state index is 4.73. The first-order valence-electron chi connectivity index (χ1n) is 6.80. The van der Waals surface area contributed by atoms with Crippen molar-refractivity contribution in [2.75, 3.05) is 23.0 Å². The Labute approximate surface area is 132 Å². The maximum Gasteiger partial charge on any atom is 0.123 e. The molecule has 0 atom stereocenters. The summed E-state index contributed by atoms with van der Waals surface area (Å²) in [7, 11) is 0. The Morgan fingerprint density at radius 3 is 2.60 bits per heavy atom. The molecule has 2 heterocycles. The summed E-state index contributed by atoms with van der Waals surface area (Å²) in [5.74, 6) is 5.03. The Kier molecular flexibility index (Phi) is 5.42. The smallest absolute Gasteiger partial charge is 0.123 e. The second-order valence-electron chi connectivity index (χ2n) is 4.74. The molecule has 0 amide bonds. The van der Waals surface area contributed by atoms with E-state index in [0.717, 1.165) is 17.2 Å². The van der Waals surface area contributed by atoms with Crippen LogP contribution in [0.4, 0.5) is 0 Å². The zero-order valence-electron chi connectivity index (χ0n) is 11.2. The molecule has 1 fully saturated rings. The molecular weight excluding hydrogens is 304 g/mol. The molecule has 0 spiro atoms. The lowest BCUT2D eigenvalue weighted by atomic mass is 10.2. The predicted molar refractivity (Wildman–Crippen MR) is 92.8 cm³/mol. The average Bonchev–Trinajstić information content (AvgIpc) is 2.82. The van der Waals surface area contributed by atoms with Crippen LogP contribution in [0.25, 0.3) is 10.6 Å². The highest BCUT2D eigenvalue weighted by Crippen LogP contribution is 2.23. The molecule has 3 rings (SSSR count). The third-order valence-corrected chi connectivity index (χ3v) is 6.61. The van der Waals surface area contributed by atoms with E-state index in [2.05, 4.69) is 58.5 Å². The molecule has 0 radical (unpaired) electrons. The van der Waals surface area contributed by atoms with Crippen molar-refractivity contribution in [1.29, 1.82) is 0 Å². The molecule has 1 aromatic carbocycles. The topological polar surface area (TPSA) is 24.9 Å². The molecular formula is C15H18N2S3. The first-order valence-corrected chi connectivity index (χ1v) is 9.99. The molecule has 0 aliphatic carbocycles. The van der Waals surface area contributed by atoms with Gasteiger partial charge >= 0.3 is 0 Å². The van der Waals surface area contributed by atoms with Gasteiger partial charge in [-0.2, -0.15) is 23.5 Å². The standard InChI is InChI=1S/C15H18N2S3/c1-2-4-12(5-3-1)15-17-13(11-20-15)8-16-14-9-18-6-7-19-10-14/h1-5,11,14,16H,6-10H2. The van der Waals surface area contributed by atoms with Crippen LogP contribution in [0.3, 0.4) is 0 Å². The molecule has 1 aliphatic heterocycles. The van der Waals surface area contributed by atoms with Crippen LogP contribution in [0.15, 0.2) is 35.7 Å². The monoisotopic (exact) mass is 322 g/mol. The largest absolute Gasteiger partial charge is 0.307 e. The summed E-state index contributed by atoms with van der Waals surface area (Å²) in [4.78, 5) is 4.73. The lowest BCUT2D eigenvalue weighted by Gasteiger charge is -2.14. The molecule has 20 heavy (non-hydrogen) atoms. The minimum Gasteiger partial charge on any atom is -0.307 e. The fourth-order valence-corrected chi connectivity index (χ4v) is 5.38. The third kappa shape index (κ3) is 4.01. The van der Waals surface area contributed by atoms with Crippen molar-refractivity contribution in [3.05, 3.63) is 41.4 Å². The number of hydrogen-bond donors (Lipinski definition) is 1. The molecule has 2 nitrogen and oxygen atoms in total. The van der Waals surface area contributed by atoms with Gasteiger partial charge in [0.15, 0.2) is 0 Å². The number of nitrogens with zero attached hydrogens (tertiary/aromatic N) is 1. The number of benzene rings is 1. The normalized spacial score (nSPS) is 17.0. The fourth-order valence-electron chi connectivity index (χ4n) is 2.09. The summed E-state index contributed by atoms with van der Waals surface area (Å²) in [5.41, 5.74) is 2.37. The second-order valence-corrected chi connectivity index (χ2v) is 7.90. The van der Waals surface area contributed by atoms with Crippen molar-refractivity contribution in [2.45, 2.75) is 12.6 Å². The number of hydrogen-bond acceptors (Lipinski definition) is 5. The first kappa shape index (κ1) is 14.4. The maximum atomic E-state index is 4.73. The lowest BCUT2D eigenvalue weighted by Crippen LogP contribution is -2.32. The van der Waals surface area contributed by atoms with Crippen molar-refractivity contribution in [3.63, 3.8) is 0 Å². The van der Waals surface area contributed by atoms with Gasteiger partial charge in [0.2, 0.25) is 0 Å². The Morgan fingerprint density at radius 1 is 1.10 bits per heavy atom. The number of thioether (sulfide) groups is 2. The van der Waals surface area contributed by atoms with Crippen LogP contribution in [-0.4, -0.2) is 34.0 Å². The van der Waals surface area contributed by atoms with Crippen LogP contribution in [0, 0.1) is 0 Å². The van der Waals surface area contributed by atoms with E-state index in [9.17, 15) is 0 Å². The number of nitrogens with one attached hydrogen (secondary N) is 1. The summed E-state index contributed by atoms with van der Waals surface area (Å²) < 4.78 is 0. The van der Waals surface area contributed by atoms with E-state index in [1.807, 2.05) is 6.07 Å². The van der Waals surface area contributed by atoms with E-state index < -0.39 is 0 Å². The number of thiazole rings is 1. The van der Waals surface area contributed by atoms with Gasteiger partial charge in [0.1, 0.15) is 5.01 Å². The van der Waals surface area contributed by atoms with Crippen molar-refractivity contribution in [2.24, 2.45) is 0 Å². The van der Waals surface area contributed by atoms with Gasteiger partial charge in [0.25, 0.3) is 0 Å². The van der Waals surface area contributed by atoms with Gasteiger partial charge in [-0.25, -0.2) is 4.98 Å². The summed E-state index contributed by atoms with van der Waals surface area (Å²) in [6.07, 6.45) is 0. The Bertz CT molecular complexity index is 519. The summed E-state index contributed by atoms with van der Waals surface area (Å²) in [6.45, 7) is 0.884. The minimum atomic E-state index is 0.620. The number of aromatic nitrogens is 1. The van der Waals surface area contributed by atoms with Gasteiger partial charge in [0.05, 0.1) is 5.69 Å². The third-order valence-electron chi connectivity index (χ3n) is 3.15. The molecule has 1 saturated heterocycles. The van der Waals surface area contributed by atoms with E-state index in [1.165, 1.54) is 28.6 Å². The van der Waals surface area contributed by atoms with Gasteiger partial charge in [-0.15, -0.1) is 11.3 Å². The lowest BCUT2D eigenvalue weighted by molar-refractivity contribution is 0.598. The molecule has 1 N–H and O–H groups in total. The van der Waals surface area contributed by atoms with E-state index >= 15 is 0 Å². The van der Waals surface area contributed by atoms with Crippen molar-refractivity contribution >= 4 is 34.9 Å². The highest BCUT2D eigenvalue weighted by atomic mass is 32.2. The van der Waals surface area contributed by atoms with Crippen LogP contribution in [0.1, 0.15) is 5.69 Å². The molecule has 5 heteroatoms. The Morgan fingerprint density at radius 2 is 1.85 bits per heavy atom. The average molecular weight is 323 g/mol. The van der Waals surface area contributed by atoms with Crippen LogP contribution in [0.2, 0.25) is 0 Å². The van der Waals surface area contributed by atoms with Gasteiger partial charge in [0, 0.05) is 46.5 Å². The zero-order valence-corrected chi connectivity index (χ0v) is 13.7. The van der Waals surface area contributed by atoms with E-state index in [1.54, 1.807) is 11.3 Å². The summed E-state index contributed by atoms with van der Waals surface area (Å²) in [6, 6.07) is 11.0. The Balaban J connectivity index is 1.57. The molecule has 2 aromatic rings. The van der Waals surface area contributed by atoms with E-state index in [0.29, 0.717) is 6.04 Å². The quantitative estimate of drug-likeness (QED) is 0.927. The molecule has 1 aliphatic rings. The highest BCUT2D eigenvalue weighted by molar-refractivity contribution is 8.03. The van der Waals surface area contributed by atoms with Crippen LogP contribution < -0.4 is 5.32 Å². The molecule has 0 bridgehead atoms. The first-order chi connectivity index (χ1) is 9.92. The number of rotatable bonds is 4. The van der Waals surface area contributed by atoms with Crippen LogP contribution in [-0.2, 0) is 6.54 Å². The SMILES string of the molecule is c1ccc(-c2nc(CNC3CSCCSC3)cs2)cc1. The summed E-state index contributed by atoms with van der Waals surface area (Å²) >= 11 is 5.85. The molecule has 0 unspecified atom stereocenters. The van der Waals surface area contributed by atoms with E-state index in [4.69, 9.17) is 4.98 Å². The molecule has 106 valence electrons.